The largest absolute Gasteiger partial charge is 0.351 e. The molecule has 0 heterocycles. The highest BCUT2D eigenvalue weighted by atomic mass is 16.2. The number of carbonyl (C=O) groups is 1. The smallest absolute Gasteiger partial charge is 0.316 e. The number of carbonyl (C=O) groups excluding carboxylic acids is 1. The first-order valence-electron chi connectivity index (χ1n) is 7.22. The van der Waals surface area contributed by atoms with E-state index < -0.39 is 6.03 Å². The van der Waals surface area contributed by atoms with Crippen LogP contribution in [0.5, 0.6) is 0 Å². The van der Waals surface area contributed by atoms with Gasteiger partial charge in [0.25, 0.3) is 0 Å². The molecule has 0 bridgehead atoms. The minimum atomic E-state index is -0.541. The van der Waals surface area contributed by atoms with Crippen LogP contribution >= 0.6 is 0 Å². The fourth-order valence-electron chi connectivity index (χ4n) is 2.95. The predicted octanol–water partition coefficient (Wildman–Crippen LogP) is 1.96. The van der Waals surface area contributed by atoms with Crippen molar-refractivity contribution in [1.82, 2.24) is 5.32 Å². The molecule has 1 aliphatic carbocycles. The Morgan fingerprint density at radius 2 is 2.05 bits per heavy atom. The van der Waals surface area contributed by atoms with Crippen LogP contribution in [-0.4, -0.2) is 18.6 Å². The van der Waals surface area contributed by atoms with Crippen LogP contribution in [0, 0.1) is 5.92 Å². The maximum atomic E-state index is 10.8. The number of amides is 2. The quantitative estimate of drug-likeness (QED) is 0.662. The van der Waals surface area contributed by atoms with E-state index >= 15 is 0 Å². The lowest BCUT2D eigenvalue weighted by molar-refractivity contribution is 0.259. The van der Waals surface area contributed by atoms with Gasteiger partial charge in [0, 0.05) is 17.8 Å². The number of hydrogen-bond donors (Lipinski definition) is 4. The van der Waals surface area contributed by atoms with Gasteiger partial charge in [0.05, 0.1) is 0 Å². The molecule has 1 aliphatic rings. The van der Waals surface area contributed by atoms with Crippen molar-refractivity contribution in [2.24, 2.45) is 17.4 Å². The van der Waals surface area contributed by atoms with Gasteiger partial charge in [-0.2, -0.15) is 0 Å². The molecular formula is C15H24N4O. The predicted molar refractivity (Wildman–Crippen MR) is 81.4 cm³/mol. The second kappa shape index (κ2) is 6.72. The van der Waals surface area contributed by atoms with Crippen LogP contribution in [0.3, 0.4) is 0 Å². The summed E-state index contributed by atoms with van der Waals surface area (Å²) in [6.45, 7) is 2.91. The van der Waals surface area contributed by atoms with E-state index in [1.54, 1.807) is 0 Å². The van der Waals surface area contributed by atoms with Crippen LogP contribution in [0.2, 0.25) is 0 Å². The van der Waals surface area contributed by atoms with Crippen molar-refractivity contribution in [1.29, 1.82) is 0 Å². The highest BCUT2D eigenvalue weighted by Gasteiger charge is 2.27. The molecule has 1 aromatic carbocycles. The monoisotopic (exact) mass is 276 g/mol. The highest BCUT2D eigenvalue weighted by molar-refractivity contribution is 5.87. The first-order valence-corrected chi connectivity index (χ1v) is 7.22. The zero-order chi connectivity index (χ0) is 14.5. The molecule has 0 aromatic heterocycles. The summed E-state index contributed by atoms with van der Waals surface area (Å²) in [7, 11) is 0. The third kappa shape index (κ3) is 3.71. The number of hydrogen-bond acceptors (Lipinski definition) is 3. The van der Waals surface area contributed by atoms with Gasteiger partial charge >= 0.3 is 6.03 Å². The van der Waals surface area contributed by atoms with Gasteiger partial charge in [-0.3, -0.25) is 0 Å². The molecule has 5 nitrogen and oxygen atoms in total. The van der Waals surface area contributed by atoms with Gasteiger partial charge in [0.1, 0.15) is 0 Å². The van der Waals surface area contributed by atoms with E-state index in [0.717, 1.165) is 6.54 Å². The van der Waals surface area contributed by atoms with E-state index in [-0.39, 0.29) is 6.04 Å². The summed E-state index contributed by atoms with van der Waals surface area (Å²) in [5, 5.41) is 6.23. The zero-order valence-electron chi connectivity index (χ0n) is 11.9. The Morgan fingerprint density at radius 3 is 2.65 bits per heavy atom. The van der Waals surface area contributed by atoms with E-state index in [1.165, 1.54) is 24.8 Å². The molecule has 0 saturated heterocycles. The number of nitrogens with one attached hydrogen (secondary N) is 2. The van der Waals surface area contributed by atoms with Crippen LogP contribution < -0.4 is 22.1 Å². The van der Waals surface area contributed by atoms with E-state index in [9.17, 15) is 4.79 Å². The molecule has 2 amide bonds. The molecule has 2 rings (SSSR count). The Labute approximate surface area is 120 Å². The molecule has 0 aliphatic heterocycles. The van der Waals surface area contributed by atoms with Crippen LogP contribution in [0.25, 0.3) is 0 Å². The Balaban J connectivity index is 1.95. The van der Waals surface area contributed by atoms with Gasteiger partial charge in [-0.25, -0.2) is 4.79 Å². The number of anilines is 1. The minimum absolute atomic E-state index is 0.273. The minimum Gasteiger partial charge on any atom is -0.351 e. The number of urea groups is 1. The molecule has 20 heavy (non-hydrogen) atoms. The van der Waals surface area contributed by atoms with Gasteiger partial charge in [-0.15, -0.1) is 0 Å². The van der Waals surface area contributed by atoms with Gasteiger partial charge in [0.15, 0.2) is 0 Å². The molecule has 0 radical (unpaired) electrons. The standard InChI is InChI=1S/C15H24N4O/c1-10(18-14-4-2-3-12(14)9-16)11-5-7-13(8-6-11)19-15(17)20/h5-8,10,12,14,18H,2-4,9,16H2,1H3,(H3,17,19,20). The second-order valence-electron chi connectivity index (χ2n) is 5.53. The van der Waals surface area contributed by atoms with E-state index in [4.69, 9.17) is 11.5 Å². The van der Waals surface area contributed by atoms with Crippen LogP contribution in [0.4, 0.5) is 10.5 Å². The molecular weight excluding hydrogens is 252 g/mol. The third-order valence-corrected chi connectivity index (χ3v) is 4.10. The molecule has 1 saturated carbocycles. The average molecular weight is 276 g/mol. The second-order valence-corrected chi connectivity index (χ2v) is 5.53. The molecule has 3 unspecified atom stereocenters. The lowest BCUT2D eigenvalue weighted by Gasteiger charge is -2.24. The lowest BCUT2D eigenvalue weighted by atomic mass is 10.0. The number of rotatable bonds is 5. The number of nitrogens with two attached hydrogens (primary N) is 2. The van der Waals surface area contributed by atoms with Crippen molar-refractivity contribution in [2.75, 3.05) is 11.9 Å². The number of benzene rings is 1. The molecule has 1 fully saturated rings. The van der Waals surface area contributed by atoms with Gasteiger partial charge in [-0.05, 0) is 49.9 Å². The summed E-state index contributed by atoms with van der Waals surface area (Å²) in [5.41, 5.74) is 12.8. The average Bonchev–Trinajstić information content (AvgIpc) is 2.86. The summed E-state index contributed by atoms with van der Waals surface area (Å²) >= 11 is 0. The Morgan fingerprint density at radius 1 is 1.35 bits per heavy atom. The van der Waals surface area contributed by atoms with E-state index in [1.807, 2.05) is 24.3 Å². The number of primary amides is 1. The molecule has 1 aromatic rings. The van der Waals surface area contributed by atoms with Crippen molar-refractivity contribution >= 4 is 11.7 Å². The highest BCUT2D eigenvalue weighted by Crippen LogP contribution is 2.27. The summed E-state index contributed by atoms with van der Waals surface area (Å²) in [4.78, 5) is 10.8. The summed E-state index contributed by atoms with van der Waals surface area (Å²) < 4.78 is 0. The maximum Gasteiger partial charge on any atom is 0.316 e. The first kappa shape index (κ1) is 14.8. The van der Waals surface area contributed by atoms with Crippen molar-refractivity contribution < 1.29 is 4.79 Å². The topological polar surface area (TPSA) is 93.2 Å². The Hall–Kier alpha value is -1.59. The van der Waals surface area contributed by atoms with Crippen molar-refractivity contribution in [2.45, 2.75) is 38.3 Å². The summed E-state index contributed by atoms with van der Waals surface area (Å²) in [5.74, 6) is 0.591. The molecule has 3 atom stereocenters. The van der Waals surface area contributed by atoms with Crippen LogP contribution in [0.15, 0.2) is 24.3 Å². The van der Waals surface area contributed by atoms with E-state index in [0.29, 0.717) is 17.6 Å². The van der Waals surface area contributed by atoms with Gasteiger partial charge in [-0.1, -0.05) is 18.6 Å². The van der Waals surface area contributed by atoms with Crippen molar-refractivity contribution in [3.8, 4) is 0 Å². The lowest BCUT2D eigenvalue weighted by Crippen LogP contribution is -2.37. The SMILES string of the molecule is CC(NC1CCCC1CN)c1ccc(NC(N)=O)cc1. The molecule has 6 N–H and O–H groups in total. The maximum absolute atomic E-state index is 10.8. The van der Waals surface area contributed by atoms with Crippen molar-refractivity contribution in [3.05, 3.63) is 29.8 Å². The first-order chi connectivity index (χ1) is 9.60. The van der Waals surface area contributed by atoms with Crippen molar-refractivity contribution in [3.63, 3.8) is 0 Å². The van der Waals surface area contributed by atoms with Gasteiger partial charge in [0.2, 0.25) is 0 Å². The molecule has 110 valence electrons. The van der Waals surface area contributed by atoms with Crippen LogP contribution in [-0.2, 0) is 0 Å². The molecule has 0 spiro atoms. The summed E-state index contributed by atoms with van der Waals surface area (Å²) in [6, 6.07) is 8.00. The Bertz CT molecular complexity index is 446. The zero-order valence-corrected chi connectivity index (χ0v) is 11.9. The van der Waals surface area contributed by atoms with E-state index in [2.05, 4.69) is 17.6 Å². The third-order valence-electron chi connectivity index (χ3n) is 4.10. The normalized spacial score (nSPS) is 23.5. The fraction of sp³-hybridized carbons (Fsp3) is 0.533. The molecule has 5 heteroatoms. The Kier molecular flexibility index (Phi) is 4.98. The fourth-order valence-corrected chi connectivity index (χ4v) is 2.95. The van der Waals surface area contributed by atoms with Gasteiger partial charge < -0.3 is 22.1 Å². The van der Waals surface area contributed by atoms with Crippen LogP contribution in [0.1, 0.15) is 37.8 Å². The summed E-state index contributed by atoms with van der Waals surface area (Å²) in [6.07, 6.45) is 3.68.